The highest BCUT2D eigenvalue weighted by atomic mass is 35.5. The van der Waals surface area contributed by atoms with Crippen molar-refractivity contribution in [1.82, 2.24) is 20.4 Å². The minimum atomic E-state index is 0.312. The van der Waals surface area contributed by atoms with Gasteiger partial charge in [0.05, 0.1) is 19.2 Å². The normalized spacial score (nSPS) is 11.1. The summed E-state index contributed by atoms with van der Waals surface area (Å²) in [5, 5.41) is 10.6. The highest BCUT2D eigenvalue weighted by Crippen LogP contribution is 2.42. The fraction of sp³-hybridized carbons (Fsp3) is 0.176. The van der Waals surface area contributed by atoms with Crippen molar-refractivity contribution in [2.45, 2.75) is 5.16 Å². The van der Waals surface area contributed by atoms with Crippen molar-refractivity contribution in [3.8, 4) is 22.6 Å². The Bertz CT molecular complexity index is 1020. The second-order valence-electron chi connectivity index (χ2n) is 5.21. The molecule has 1 aromatic carbocycles. The van der Waals surface area contributed by atoms with Crippen LogP contribution in [-0.2, 0) is 0 Å². The number of aromatic nitrogens is 3. The third-order valence-corrected chi connectivity index (χ3v) is 4.66. The predicted molar refractivity (Wildman–Crippen MR) is 106 cm³/mol. The summed E-state index contributed by atoms with van der Waals surface area (Å²) in [7, 11) is 3.08. The molecule has 0 aliphatic carbocycles. The summed E-state index contributed by atoms with van der Waals surface area (Å²) < 4.78 is 10.7. The molecule has 0 amide bonds. The van der Waals surface area contributed by atoms with Gasteiger partial charge in [0, 0.05) is 28.8 Å². The number of halogens is 1. The van der Waals surface area contributed by atoms with Crippen molar-refractivity contribution in [1.29, 1.82) is 0 Å². The number of methoxy groups -OCH3 is 2. The molecule has 0 saturated carbocycles. The first-order chi connectivity index (χ1) is 13.1. The van der Waals surface area contributed by atoms with Gasteiger partial charge in [0.1, 0.15) is 17.8 Å². The summed E-state index contributed by atoms with van der Waals surface area (Å²) in [5.41, 5.74) is 3.58. The Balaban J connectivity index is 2.30. The quantitative estimate of drug-likeness (QED) is 0.210. The average Bonchev–Trinajstić information content (AvgIpc) is 2.71. The Morgan fingerprint density at radius 1 is 1.19 bits per heavy atom. The van der Waals surface area contributed by atoms with E-state index in [9.17, 15) is 0 Å². The number of ether oxygens (including phenoxy) is 2. The highest BCUT2D eigenvalue weighted by Gasteiger charge is 2.17. The molecule has 3 rings (SSSR count). The number of fused-ring (bicyclic) bond motifs is 1. The molecule has 10 heteroatoms. The van der Waals surface area contributed by atoms with Gasteiger partial charge in [0.15, 0.2) is 16.6 Å². The summed E-state index contributed by atoms with van der Waals surface area (Å²) in [5.74, 6) is 1.33. The van der Waals surface area contributed by atoms with Crippen LogP contribution in [-0.4, -0.2) is 47.0 Å². The van der Waals surface area contributed by atoms with Gasteiger partial charge in [-0.15, -0.1) is 0 Å². The summed E-state index contributed by atoms with van der Waals surface area (Å²) in [6, 6.07) is 5.28. The molecule has 0 aliphatic rings. The third kappa shape index (κ3) is 3.90. The van der Waals surface area contributed by atoms with Crippen molar-refractivity contribution in [2.24, 2.45) is 4.99 Å². The molecule has 27 heavy (non-hydrogen) atoms. The molecule has 8 nitrogen and oxygen atoms in total. The minimum Gasteiger partial charge on any atom is -0.497 e. The Morgan fingerprint density at radius 3 is 2.67 bits per heavy atom. The van der Waals surface area contributed by atoms with Crippen LogP contribution < -0.4 is 15.0 Å². The molecule has 140 valence electrons. The van der Waals surface area contributed by atoms with Crippen LogP contribution in [0.3, 0.4) is 0 Å². The molecule has 0 unspecified atom stereocenters. The molecule has 3 aromatic rings. The summed E-state index contributed by atoms with van der Waals surface area (Å²) in [6.45, 7) is 0. The van der Waals surface area contributed by atoms with E-state index in [1.54, 1.807) is 25.4 Å². The lowest BCUT2D eigenvalue weighted by atomic mass is 10.0. The van der Waals surface area contributed by atoms with E-state index in [2.05, 4.69) is 19.9 Å². The highest BCUT2D eigenvalue weighted by molar-refractivity contribution is 7.98. The van der Waals surface area contributed by atoms with Gasteiger partial charge in [-0.05, 0) is 18.4 Å². The number of rotatable bonds is 6. The fourth-order valence-electron chi connectivity index (χ4n) is 2.46. The maximum Gasteiger partial charge on any atom is 0.189 e. The molecule has 0 saturated heterocycles. The summed E-state index contributed by atoms with van der Waals surface area (Å²) in [4.78, 5) is 17.3. The monoisotopic (exact) mass is 405 g/mol. The van der Waals surface area contributed by atoms with Gasteiger partial charge in [-0.25, -0.2) is 19.9 Å². The SMILES string of the molecule is COc1cc(OC)c(Cl)c(-c2cc3cnc(SC)nc3nc2N=CNO)c1. The molecule has 0 bridgehead atoms. The van der Waals surface area contributed by atoms with Crippen LogP contribution in [0, 0.1) is 0 Å². The first kappa shape index (κ1) is 19.2. The molecular weight excluding hydrogens is 390 g/mol. The number of nitrogens with zero attached hydrogens (tertiary/aromatic N) is 4. The topological polar surface area (TPSA) is 102 Å². The molecule has 2 aromatic heterocycles. The molecule has 0 fully saturated rings. The Morgan fingerprint density at radius 2 is 2.00 bits per heavy atom. The number of hydroxylamine groups is 1. The first-order valence-corrected chi connectivity index (χ1v) is 9.27. The van der Waals surface area contributed by atoms with Crippen LogP contribution in [0.15, 0.2) is 34.5 Å². The molecular formula is C17H16ClN5O3S. The van der Waals surface area contributed by atoms with Gasteiger partial charge in [-0.2, -0.15) is 0 Å². The Hall–Kier alpha value is -2.62. The third-order valence-electron chi connectivity index (χ3n) is 3.71. The van der Waals surface area contributed by atoms with Crippen molar-refractivity contribution >= 4 is 46.6 Å². The van der Waals surface area contributed by atoms with E-state index >= 15 is 0 Å². The zero-order chi connectivity index (χ0) is 19.4. The summed E-state index contributed by atoms with van der Waals surface area (Å²) in [6.07, 6.45) is 4.68. The lowest BCUT2D eigenvalue weighted by Crippen LogP contribution is -2.02. The van der Waals surface area contributed by atoms with E-state index in [0.29, 0.717) is 44.3 Å². The van der Waals surface area contributed by atoms with Crippen LogP contribution in [0.1, 0.15) is 0 Å². The van der Waals surface area contributed by atoms with E-state index in [0.717, 1.165) is 11.7 Å². The predicted octanol–water partition coefficient (Wildman–Crippen LogP) is 3.72. The van der Waals surface area contributed by atoms with E-state index < -0.39 is 0 Å². The van der Waals surface area contributed by atoms with Gasteiger partial charge in [0.2, 0.25) is 0 Å². The standard InChI is InChI=1S/C17H16ClN5O3S/c1-25-10-5-11(14(18)13(6-10)26-2)12-4-9-7-19-17(27-3)23-15(9)22-16(12)20-8-21-24/h4-8,24H,1-3H3,(H,19,20,21,22,23). The van der Waals surface area contributed by atoms with Crippen LogP contribution in [0.5, 0.6) is 11.5 Å². The van der Waals surface area contributed by atoms with Crippen LogP contribution in [0.2, 0.25) is 5.02 Å². The molecule has 0 spiro atoms. The molecule has 0 aliphatic heterocycles. The van der Waals surface area contributed by atoms with Crippen molar-refractivity contribution in [2.75, 3.05) is 20.5 Å². The van der Waals surface area contributed by atoms with E-state index in [4.69, 9.17) is 26.3 Å². The van der Waals surface area contributed by atoms with Crippen molar-refractivity contribution in [3.63, 3.8) is 0 Å². The summed E-state index contributed by atoms with van der Waals surface area (Å²) >= 11 is 7.93. The second kappa shape index (κ2) is 8.38. The van der Waals surface area contributed by atoms with Crippen LogP contribution in [0.4, 0.5) is 5.82 Å². The van der Waals surface area contributed by atoms with Crippen LogP contribution >= 0.6 is 23.4 Å². The number of nitrogens with one attached hydrogen (secondary N) is 1. The molecule has 0 atom stereocenters. The Labute approximate surface area is 164 Å². The van der Waals surface area contributed by atoms with Crippen molar-refractivity contribution in [3.05, 3.63) is 29.4 Å². The van der Waals surface area contributed by atoms with E-state index in [-0.39, 0.29) is 0 Å². The number of hydrogen-bond donors (Lipinski definition) is 2. The minimum absolute atomic E-state index is 0.312. The van der Waals surface area contributed by atoms with Gasteiger partial charge >= 0.3 is 0 Å². The van der Waals surface area contributed by atoms with Gasteiger partial charge < -0.3 is 9.47 Å². The molecule has 2 heterocycles. The van der Waals surface area contributed by atoms with E-state index in [1.807, 2.05) is 17.8 Å². The smallest absolute Gasteiger partial charge is 0.189 e. The fourth-order valence-corrected chi connectivity index (χ4v) is 3.08. The molecule has 2 N–H and O–H groups in total. The first-order valence-electron chi connectivity index (χ1n) is 7.67. The number of benzene rings is 1. The zero-order valence-electron chi connectivity index (χ0n) is 14.7. The number of thioether (sulfide) groups is 1. The lowest BCUT2D eigenvalue weighted by Gasteiger charge is -2.13. The molecule has 0 radical (unpaired) electrons. The average molecular weight is 406 g/mol. The zero-order valence-corrected chi connectivity index (χ0v) is 16.3. The van der Waals surface area contributed by atoms with Gasteiger partial charge in [-0.1, -0.05) is 23.4 Å². The van der Waals surface area contributed by atoms with Crippen molar-refractivity contribution < 1.29 is 14.7 Å². The lowest BCUT2D eigenvalue weighted by molar-refractivity contribution is 0.240. The Kier molecular flexibility index (Phi) is 5.94. The number of aliphatic imine (C=N–C) groups is 1. The number of pyridine rings is 1. The van der Waals surface area contributed by atoms with Crippen LogP contribution in [0.25, 0.3) is 22.2 Å². The maximum absolute atomic E-state index is 8.88. The van der Waals surface area contributed by atoms with Gasteiger partial charge in [0.25, 0.3) is 0 Å². The largest absolute Gasteiger partial charge is 0.497 e. The van der Waals surface area contributed by atoms with Gasteiger partial charge in [-0.3, -0.25) is 10.7 Å². The number of hydrogen-bond acceptors (Lipinski definition) is 8. The maximum atomic E-state index is 8.88. The second-order valence-corrected chi connectivity index (χ2v) is 6.36. The van der Waals surface area contributed by atoms with E-state index in [1.165, 1.54) is 18.9 Å².